The van der Waals surface area contributed by atoms with Crippen LogP contribution in [0.3, 0.4) is 0 Å². The standard InChI is InChI=1S/C11H16ClNOS/c12-11-4-3-10(15-11)7-8(13)6-9-2-1-5-14-9/h3-4,8-9H,1-2,5-7,13H2. The third-order valence-corrected chi connectivity index (χ3v) is 3.94. The van der Waals surface area contributed by atoms with Crippen molar-refractivity contribution in [2.75, 3.05) is 6.61 Å². The number of hydrogen-bond donors (Lipinski definition) is 1. The van der Waals surface area contributed by atoms with Crippen LogP contribution in [0.15, 0.2) is 12.1 Å². The van der Waals surface area contributed by atoms with Crippen LogP contribution in [0.25, 0.3) is 0 Å². The average Bonchev–Trinajstić information content (AvgIpc) is 2.77. The zero-order valence-electron chi connectivity index (χ0n) is 8.62. The van der Waals surface area contributed by atoms with Crippen molar-refractivity contribution in [3.05, 3.63) is 21.3 Å². The summed E-state index contributed by atoms with van der Waals surface area (Å²) < 4.78 is 6.41. The lowest BCUT2D eigenvalue weighted by Gasteiger charge is -2.15. The van der Waals surface area contributed by atoms with Crippen molar-refractivity contribution in [3.63, 3.8) is 0 Å². The van der Waals surface area contributed by atoms with Crippen molar-refractivity contribution in [2.24, 2.45) is 5.73 Å². The number of ether oxygens (including phenoxy) is 1. The second-order valence-electron chi connectivity index (χ2n) is 4.04. The Bertz CT molecular complexity index is 309. The van der Waals surface area contributed by atoms with Crippen molar-refractivity contribution in [1.82, 2.24) is 0 Å². The average molecular weight is 246 g/mol. The number of thiophene rings is 1. The molecule has 2 atom stereocenters. The second-order valence-corrected chi connectivity index (χ2v) is 5.84. The van der Waals surface area contributed by atoms with Gasteiger partial charge in [0.05, 0.1) is 10.4 Å². The van der Waals surface area contributed by atoms with E-state index in [1.54, 1.807) is 11.3 Å². The highest BCUT2D eigenvalue weighted by Gasteiger charge is 2.19. The van der Waals surface area contributed by atoms with Crippen molar-refractivity contribution in [3.8, 4) is 0 Å². The Morgan fingerprint density at radius 2 is 2.47 bits per heavy atom. The fraction of sp³-hybridized carbons (Fsp3) is 0.636. The van der Waals surface area contributed by atoms with Crippen LogP contribution in [-0.2, 0) is 11.2 Å². The van der Waals surface area contributed by atoms with Gasteiger partial charge in [0.1, 0.15) is 0 Å². The summed E-state index contributed by atoms with van der Waals surface area (Å²) in [5.74, 6) is 0. The first-order valence-corrected chi connectivity index (χ1v) is 6.55. The quantitative estimate of drug-likeness (QED) is 0.886. The zero-order valence-corrected chi connectivity index (χ0v) is 10.2. The summed E-state index contributed by atoms with van der Waals surface area (Å²) >= 11 is 7.49. The molecule has 15 heavy (non-hydrogen) atoms. The van der Waals surface area contributed by atoms with Gasteiger partial charge in [-0.25, -0.2) is 0 Å². The maximum Gasteiger partial charge on any atom is 0.0931 e. The van der Waals surface area contributed by atoms with Crippen molar-refractivity contribution < 1.29 is 4.74 Å². The van der Waals surface area contributed by atoms with Crippen molar-refractivity contribution in [2.45, 2.75) is 37.8 Å². The summed E-state index contributed by atoms with van der Waals surface area (Å²) in [4.78, 5) is 1.27. The molecule has 0 aromatic carbocycles. The molecule has 0 aliphatic carbocycles. The van der Waals surface area contributed by atoms with Gasteiger partial charge in [-0.2, -0.15) is 0 Å². The van der Waals surface area contributed by atoms with Crippen LogP contribution in [0, 0.1) is 0 Å². The molecule has 4 heteroatoms. The van der Waals surface area contributed by atoms with E-state index in [4.69, 9.17) is 22.1 Å². The Morgan fingerprint density at radius 1 is 1.60 bits per heavy atom. The van der Waals surface area contributed by atoms with E-state index >= 15 is 0 Å². The predicted octanol–water partition coefficient (Wildman–Crippen LogP) is 2.84. The highest BCUT2D eigenvalue weighted by atomic mass is 35.5. The van der Waals surface area contributed by atoms with Gasteiger partial charge in [-0.3, -0.25) is 0 Å². The first-order chi connectivity index (χ1) is 7.24. The molecule has 84 valence electrons. The Balaban J connectivity index is 1.78. The monoisotopic (exact) mass is 245 g/mol. The largest absolute Gasteiger partial charge is 0.378 e. The second kappa shape index (κ2) is 5.30. The minimum atomic E-state index is 0.197. The summed E-state index contributed by atoms with van der Waals surface area (Å²) in [5.41, 5.74) is 6.08. The van der Waals surface area contributed by atoms with Gasteiger partial charge in [0.2, 0.25) is 0 Å². The van der Waals surface area contributed by atoms with E-state index < -0.39 is 0 Å². The molecule has 2 rings (SSSR count). The molecule has 1 fully saturated rings. The summed E-state index contributed by atoms with van der Waals surface area (Å²) in [7, 11) is 0. The molecule has 1 aliphatic rings. The first kappa shape index (κ1) is 11.4. The van der Waals surface area contributed by atoms with E-state index in [2.05, 4.69) is 6.07 Å². The van der Waals surface area contributed by atoms with Crippen LogP contribution in [0.4, 0.5) is 0 Å². The van der Waals surface area contributed by atoms with Gasteiger partial charge in [0, 0.05) is 17.5 Å². The molecule has 0 radical (unpaired) electrons. The first-order valence-electron chi connectivity index (χ1n) is 5.35. The minimum Gasteiger partial charge on any atom is -0.378 e. The van der Waals surface area contributed by atoms with Crippen LogP contribution in [0.5, 0.6) is 0 Å². The third-order valence-electron chi connectivity index (χ3n) is 2.68. The Morgan fingerprint density at radius 3 is 3.07 bits per heavy atom. The Hall–Kier alpha value is -0.0900. The molecule has 1 aromatic rings. The highest BCUT2D eigenvalue weighted by molar-refractivity contribution is 7.16. The lowest BCUT2D eigenvalue weighted by Crippen LogP contribution is -2.27. The lowest BCUT2D eigenvalue weighted by atomic mass is 10.0. The van der Waals surface area contributed by atoms with Gasteiger partial charge < -0.3 is 10.5 Å². The minimum absolute atomic E-state index is 0.197. The molecule has 1 saturated heterocycles. The van der Waals surface area contributed by atoms with Crippen LogP contribution in [0.1, 0.15) is 24.1 Å². The molecule has 2 N–H and O–H groups in total. The predicted molar refractivity (Wildman–Crippen MR) is 64.6 cm³/mol. The number of hydrogen-bond acceptors (Lipinski definition) is 3. The SMILES string of the molecule is NC(Cc1ccc(Cl)s1)CC1CCCO1. The summed E-state index contributed by atoms with van der Waals surface area (Å²) in [6, 6.07) is 4.19. The summed E-state index contributed by atoms with van der Waals surface area (Å²) in [6.45, 7) is 0.905. The maximum atomic E-state index is 6.08. The Labute approximate surface area is 99.4 Å². The van der Waals surface area contributed by atoms with E-state index in [1.807, 2.05) is 6.07 Å². The topological polar surface area (TPSA) is 35.2 Å². The third kappa shape index (κ3) is 3.45. The fourth-order valence-electron chi connectivity index (χ4n) is 1.97. The van der Waals surface area contributed by atoms with Gasteiger partial charge in [0.25, 0.3) is 0 Å². The van der Waals surface area contributed by atoms with Crippen molar-refractivity contribution >= 4 is 22.9 Å². The van der Waals surface area contributed by atoms with E-state index in [9.17, 15) is 0 Å². The van der Waals surface area contributed by atoms with Gasteiger partial charge in [-0.05, 0) is 37.8 Å². The fourth-order valence-corrected chi connectivity index (χ4v) is 3.15. The summed E-state index contributed by atoms with van der Waals surface area (Å²) in [6.07, 6.45) is 4.61. The number of halogens is 1. The molecule has 0 amide bonds. The molecule has 2 heterocycles. The molecular weight excluding hydrogens is 230 g/mol. The normalized spacial score (nSPS) is 23.2. The van der Waals surface area contributed by atoms with Gasteiger partial charge in [0.15, 0.2) is 0 Å². The number of nitrogens with two attached hydrogens (primary N) is 1. The molecule has 2 nitrogen and oxygen atoms in total. The molecular formula is C11H16ClNOS. The van der Waals surface area contributed by atoms with Gasteiger partial charge in [-0.1, -0.05) is 11.6 Å². The summed E-state index contributed by atoms with van der Waals surface area (Å²) in [5, 5.41) is 0. The lowest BCUT2D eigenvalue weighted by molar-refractivity contribution is 0.0984. The van der Waals surface area contributed by atoms with Crippen LogP contribution in [-0.4, -0.2) is 18.8 Å². The molecule has 1 aliphatic heterocycles. The molecule has 1 aromatic heterocycles. The molecule has 0 saturated carbocycles. The van der Waals surface area contributed by atoms with E-state index in [0.29, 0.717) is 6.10 Å². The molecule has 0 spiro atoms. The van der Waals surface area contributed by atoms with Crippen LogP contribution < -0.4 is 5.73 Å². The molecule has 0 bridgehead atoms. The van der Waals surface area contributed by atoms with Gasteiger partial charge in [-0.15, -0.1) is 11.3 Å². The van der Waals surface area contributed by atoms with E-state index in [-0.39, 0.29) is 6.04 Å². The van der Waals surface area contributed by atoms with Gasteiger partial charge >= 0.3 is 0 Å². The van der Waals surface area contributed by atoms with E-state index in [0.717, 1.165) is 23.8 Å². The van der Waals surface area contributed by atoms with Crippen LogP contribution >= 0.6 is 22.9 Å². The Kier molecular flexibility index (Phi) is 4.03. The maximum absolute atomic E-state index is 6.08. The van der Waals surface area contributed by atoms with E-state index in [1.165, 1.54) is 17.7 Å². The highest BCUT2D eigenvalue weighted by Crippen LogP contribution is 2.24. The van der Waals surface area contributed by atoms with Crippen LogP contribution in [0.2, 0.25) is 4.34 Å². The molecule has 2 unspecified atom stereocenters. The smallest absolute Gasteiger partial charge is 0.0931 e. The number of rotatable bonds is 4. The van der Waals surface area contributed by atoms with Crippen molar-refractivity contribution in [1.29, 1.82) is 0 Å². The zero-order chi connectivity index (χ0) is 10.7.